The Morgan fingerprint density at radius 3 is 2.45 bits per heavy atom. The molecule has 1 N–H and O–H groups in total. The van der Waals surface area contributed by atoms with E-state index in [4.69, 9.17) is 0 Å². The summed E-state index contributed by atoms with van der Waals surface area (Å²) in [5, 5.41) is 9.71. The third kappa shape index (κ3) is 4.42. The summed E-state index contributed by atoms with van der Waals surface area (Å²) >= 11 is 0. The van der Waals surface area contributed by atoms with E-state index in [0.29, 0.717) is 45.6 Å². The van der Waals surface area contributed by atoms with Gasteiger partial charge in [-0.05, 0) is 49.3 Å². The number of carbonyl (C=O) groups is 2. The molecule has 0 aliphatic carbocycles. The molecule has 0 saturated carbocycles. The quantitative estimate of drug-likeness (QED) is 0.792. The minimum atomic E-state index is -1.07. The van der Waals surface area contributed by atoms with E-state index in [1.807, 2.05) is 30.3 Å². The van der Waals surface area contributed by atoms with Gasteiger partial charge in [-0.15, -0.1) is 0 Å². The number of nitrogens with zero attached hydrogens (tertiary/aromatic N) is 3. The van der Waals surface area contributed by atoms with Crippen molar-refractivity contribution in [2.45, 2.75) is 51.8 Å². The van der Waals surface area contributed by atoms with Crippen molar-refractivity contribution in [1.29, 1.82) is 0 Å². The smallest absolute Gasteiger partial charge is 0.263 e. The number of carbonyl (C=O) groups excluding carboxylic acids is 2. The molecular formula is C24H29N3O4. The number of aliphatic hydroxyl groups is 1. The number of hydrogen-bond acceptors (Lipinski definition) is 4. The molecule has 1 fully saturated rings. The molecule has 1 aromatic carbocycles. The highest BCUT2D eigenvalue weighted by Gasteiger charge is 2.31. The number of likely N-dealkylation sites (tertiary alicyclic amines) is 1. The lowest BCUT2D eigenvalue weighted by Gasteiger charge is -2.31. The van der Waals surface area contributed by atoms with Gasteiger partial charge in [-0.2, -0.15) is 0 Å². The van der Waals surface area contributed by atoms with Crippen LogP contribution in [0, 0.1) is 0 Å². The molecular weight excluding hydrogens is 394 g/mol. The van der Waals surface area contributed by atoms with E-state index in [0.717, 1.165) is 29.5 Å². The topological polar surface area (TPSA) is 82.8 Å². The van der Waals surface area contributed by atoms with Crippen LogP contribution in [0.4, 0.5) is 0 Å². The Morgan fingerprint density at radius 1 is 1.06 bits per heavy atom. The first-order valence-electron chi connectivity index (χ1n) is 11.0. The maximum absolute atomic E-state index is 13.4. The molecule has 1 saturated heterocycles. The number of rotatable bonds is 5. The molecule has 2 aliphatic heterocycles. The van der Waals surface area contributed by atoms with Gasteiger partial charge in [0.2, 0.25) is 0 Å². The van der Waals surface area contributed by atoms with Gasteiger partial charge in [0.25, 0.3) is 17.4 Å². The molecule has 1 aromatic heterocycles. The fourth-order valence-electron chi connectivity index (χ4n) is 4.52. The van der Waals surface area contributed by atoms with Crippen LogP contribution < -0.4 is 5.56 Å². The van der Waals surface area contributed by atoms with Crippen LogP contribution in [-0.2, 0) is 30.7 Å². The normalized spacial score (nSPS) is 16.8. The van der Waals surface area contributed by atoms with Gasteiger partial charge >= 0.3 is 0 Å². The highest BCUT2D eigenvalue weighted by atomic mass is 16.3. The Labute approximate surface area is 181 Å². The Morgan fingerprint density at radius 2 is 1.77 bits per heavy atom. The van der Waals surface area contributed by atoms with Crippen molar-refractivity contribution < 1.29 is 14.7 Å². The molecule has 3 heterocycles. The van der Waals surface area contributed by atoms with Gasteiger partial charge in [0.1, 0.15) is 11.7 Å². The largest absolute Gasteiger partial charge is 0.384 e. The molecule has 164 valence electrons. The van der Waals surface area contributed by atoms with E-state index in [9.17, 15) is 19.5 Å². The second-order valence-electron chi connectivity index (χ2n) is 8.43. The van der Waals surface area contributed by atoms with Gasteiger partial charge in [0, 0.05) is 38.9 Å². The van der Waals surface area contributed by atoms with Crippen LogP contribution in [0.2, 0.25) is 0 Å². The molecule has 2 aliphatic rings. The molecule has 0 radical (unpaired) electrons. The molecule has 0 spiro atoms. The molecule has 0 bridgehead atoms. The highest BCUT2D eigenvalue weighted by molar-refractivity contribution is 5.96. The lowest BCUT2D eigenvalue weighted by Crippen LogP contribution is -2.44. The molecule has 7 nitrogen and oxygen atoms in total. The summed E-state index contributed by atoms with van der Waals surface area (Å²) in [6.45, 7) is 3.97. The second-order valence-corrected chi connectivity index (χ2v) is 8.43. The first-order valence-corrected chi connectivity index (χ1v) is 11.0. The summed E-state index contributed by atoms with van der Waals surface area (Å²) in [6.07, 6.45) is 3.75. The van der Waals surface area contributed by atoms with Crippen molar-refractivity contribution in [2.24, 2.45) is 0 Å². The van der Waals surface area contributed by atoms with E-state index in [-0.39, 0.29) is 22.9 Å². The van der Waals surface area contributed by atoms with E-state index < -0.39 is 6.10 Å². The SMILES string of the molecule is C[C@@H](O)C(=O)N1CCc2c(cn(CCc3ccccc3)c(=O)c2C(=O)N2CCCC2)C1. The molecule has 2 aromatic rings. The highest BCUT2D eigenvalue weighted by Crippen LogP contribution is 2.23. The van der Waals surface area contributed by atoms with Crippen LogP contribution >= 0.6 is 0 Å². The number of hydrogen-bond donors (Lipinski definition) is 1. The van der Waals surface area contributed by atoms with Crippen molar-refractivity contribution in [3.05, 3.63) is 69.1 Å². The molecule has 0 unspecified atom stereocenters. The van der Waals surface area contributed by atoms with E-state index in [1.54, 1.807) is 20.6 Å². The third-order valence-corrected chi connectivity index (χ3v) is 6.23. The average molecular weight is 424 g/mol. The van der Waals surface area contributed by atoms with Gasteiger partial charge in [-0.1, -0.05) is 30.3 Å². The maximum Gasteiger partial charge on any atom is 0.263 e. The zero-order valence-electron chi connectivity index (χ0n) is 17.9. The Balaban J connectivity index is 1.70. The van der Waals surface area contributed by atoms with Crippen LogP contribution in [-0.4, -0.2) is 57.0 Å². The summed E-state index contributed by atoms with van der Waals surface area (Å²) in [5.74, 6) is -0.525. The number of aliphatic hydroxyl groups excluding tert-OH is 1. The van der Waals surface area contributed by atoms with Crippen molar-refractivity contribution in [3.8, 4) is 0 Å². The maximum atomic E-state index is 13.4. The van der Waals surface area contributed by atoms with Crippen LogP contribution in [0.5, 0.6) is 0 Å². The fourth-order valence-corrected chi connectivity index (χ4v) is 4.52. The number of aromatic nitrogens is 1. The molecule has 31 heavy (non-hydrogen) atoms. The van der Waals surface area contributed by atoms with Gasteiger partial charge in [0.15, 0.2) is 0 Å². The minimum Gasteiger partial charge on any atom is -0.384 e. The van der Waals surface area contributed by atoms with Gasteiger partial charge < -0.3 is 19.5 Å². The Hall–Kier alpha value is -2.93. The summed E-state index contributed by atoms with van der Waals surface area (Å²) < 4.78 is 1.62. The van der Waals surface area contributed by atoms with E-state index >= 15 is 0 Å². The monoisotopic (exact) mass is 423 g/mol. The summed E-state index contributed by atoms with van der Waals surface area (Å²) in [6, 6.07) is 9.92. The first kappa shape index (κ1) is 21.3. The zero-order valence-corrected chi connectivity index (χ0v) is 17.9. The third-order valence-electron chi connectivity index (χ3n) is 6.23. The van der Waals surface area contributed by atoms with Gasteiger partial charge in [0.05, 0.1) is 0 Å². The number of fused-ring (bicyclic) bond motifs is 1. The summed E-state index contributed by atoms with van der Waals surface area (Å²) in [4.78, 5) is 42.4. The number of amides is 2. The molecule has 4 rings (SSSR count). The summed E-state index contributed by atoms with van der Waals surface area (Å²) in [7, 11) is 0. The van der Waals surface area contributed by atoms with Crippen LogP contribution in [0.15, 0.2) is 41.3 Å². The summed E-state index contributed by atoms with van der Waals surface area (Å²) in [5.41, 5.74) is 2.70. The van der Waals surface area contributed by atoms with Crippen molar-refractivity contribution in [3.63, 3.8) is 0 Å². The van der Waals surface area contributed by atoms with Crippen LogP contribution in [0.25, 0.3) is 0 Å². The van der Waals surface area contributed by atoms with Crippen LogP contribution in [0.1, 0.15) is 46.8 Å². The average Bonchev–Trinajstić information content (AvgIpc) is 3.32. The van der Waals surface area contributed by atoms with E-state index in [1.165, 1.54) is 6.92 Å². The van der Waals surface area contributed by atoms with Crippen molar-refractivity contribution in [1.82, 2.24) is 14.4 Å². The van der Waals surface area contributed by atoms with Crippen molar-refractivity contribution >= 4 is 11.8 Å². The molecule has 1 atom stereocenters. The van der Waals surface area contributed by atoms with Gasteiger partial charge in [-0.25, -0.2) is 0 Å². The number of pyridine rings is 1. The number of benzene rings is 1. The van der Waals surface area contributed by atoms with E-state index in [2.05, 4.69) is 0 Å². The first-order chi connectivity index (χ1) is 15.0. The fraction of sp³-hybridized carbons (Fsp3) is 0.458. The lowest BCUT2D eigenvalue weighted by atomic mass is 9.95. The molecule has 7 heteroatoms. The lowest BCUT2D eigenvalue weighted by molar-refractivity contribution is -0.140. The van der Waals surface area contributed by atoms with Crippen LogP contribution in [0.3, 0.4) is 0 Å². The van der Waals surface area contributed by atoms with Crippen molar-refractivity contribution in [2.75, 3.05) is 19.6 Å². The Kier molecular flexibility index (Phi) is 6.23. The molecule has 2 amide bonds. The standard InChI is InChI=1S/C24H29N3O4/c1-17(28)22(29)26-14-10-20-19(15-26)16-27(13-9-18-7-3-2-4-8-18)24(31)21(20)23(30)25-11-5-6-12-25/h2-4,7-8,16-17,28H,5-6,9-15H2,1H3/t17-/m1/s1. The predicted molar refractivity (Wildman–Crippen MR) is 117 cm³/mol. The number of aryl methyl sites for hydroxylation is 2. The predicted octanol–water partition coefficient (Wildman–Crippen LogP) is 1.59. The second kappa shape index (κ2) is 9.06. The van der Waals surface area contributed by atoms with Gasteiger partial charge in [-0.3, -0.25) is 14.4 Å². The zero-order chi connectivity index (χ0) is 22.0. The Bertz CT molecular complexity index is 1020. The minimum absolute atomic E-state index is 0.192.